The molecule has 0 aliphatic carbocycles. The van der Waals surface area contributed by atoms with Gasteiger partial charge in [0.1, 0.15) is 5.82 Å². The third-order valence-electron chi connectivity index (χ3n) is 3.24. The Hall–Kier alpha value is -1.68. The Morgan fingerprint density at radius 1 is 1.50 bits per heavy atom. The van der Waals surface area contributed by atoms with Crippen molar-refractivity contribution in [3.63, 3.8) is 0 Å². The third kappa shape index (κ3) is 2.96. The maximum absolute atomic E-state index is 13.3. The first-order chi connectivity index (χ1) is 8.70. The van der Waals surface area contributed by atoms with Crippen molar-refractivity contribution in [2.24, 2.45) is 11.7 Å². The summed E-state index contributed by atoms with van der Waals surface area (Å²) >= 11 is 0. The van der Waals surface area contributed by atoms with Crippen LogP contribution >= 0.6 is 0 Å². The number of rotatable bonds is 3. The summed E-state index contributed by atoms with van der Waals surface area (Å²) in [6.07, 6.45) is 3.90. The molecule has 1 heterocycles. The lowest BCUT2D eigenvalue weighted by Gasteiger charge is -2.13. The molecule has 2 rings (SSSR count). The summed E-state index contributed by atoms with van der Waals surface area (Å²) in [5.74, 6) is 0.00724. The summed E-state index contributed by atoms with van der Waals surface area (Å²) in [5, 5.41) is 0. The minimum Gasteiger partial charge on any atom is -0.339 e. The molecule has 1 aromatic carbocycles. The number of likely N-dealkylation sites (tertiary alicyclic amines) is 1. The van der Waals surface area contributed by atoms with Gasteiger partial charge in [0.05, 0.1) is 0 Å². The highest BCUT2D eigenvalue weighted by molar-refractivity contribution is 5.92. The summed E-state index contributed by atoms with van der Waals surface area (Å²) in [6.45, 7) is 2.06. The first kappa shape index (κ1) is 12.8. The van der Waals surface area contributed by atoms with Crippen LogP contribution in [0.1, 0.15) is 12.0 Å². The first-order valence-electron chi connectivity index (χ1n) is 6.12. The van der Waals surface area contributed by atoms with E-state index in [-0.39, 0.29) is 11.7 Å². The van der Waals surface area contributed by atoms with Crippen LogP contribution in [0.5, 0.6) is 0 Å². The van der Waals surface area contributed by atoms with Crippen molar-refractivity contribution in [1.82, 2.24) is 4.90 Å². The quantitative estimate of drug-likeness (QED) is 0.827. The standard InChI is InChI=1S/C14H17FN2O/c15-13-4-2-1-3-12(13)5-6-14(18)17-8-7-11(9-16)10-17/h1-6,11H,7-10,16H2. The minimum absolute atomic E-state index is 0.0748. The highest BCUT2D eigenvalue weighted by Crippen LogP contribution is 2.15. The molecule has 2 N–H and O–H groups in total. The molecule has 0 bridgehead atoms. The van der Waals surface area contributed by atoms with Gasteiger partial charge in [-0.3, -0.25) is 4.79 Å². The molecular formula is C14H17FN2O. The summed E-state index contributed by atoms with van der Waals surface area (Å²) < 4.78 is 13.3. The van der Waals surface area contributed by atoms with Crippen LogP contribution in [-0.2, 0) is 4.79 Å². The zero-order valence-electron chi connectivity index (χ0n) is 10.2. The molecule has 0 radical (unpaired) electrons. The smallest absolute Gasteiger partial charge is 0.246 e. The van der Waals surface area contributed by atoms with Gasteiger partial charge in [-0.2, -0.15) is 0 Å². The van der Waals surface area contributed by atoms with Crippen LogP contribution in [-0.4, -0.2) is 30.4 Å². The average Bonchev–Trinajstić information content (AvgIpc) is 2.86. The Kier molecular flexibility index (Phi) is 4.10. The van der Waals surface area contributed by atoms with Crippen LogP contribution in [0.2, 0.25) is 0 Å². The molecule has 4 heteroatoms. The van der Waals surface area contributed by atoms with E-state index in [0.717, 1.165) is 13.0 Å². The topological polar surface area (TPSA) is 46.3 Å². The number of hydrogen-bond acceptors (Lipinski definition) is 2. The monoisotopic (exact) mass is 248 g/mol. The van der Waals surface area contributed by atoms with Gasteiger partial charge in [0.25, 0.3) is 0 Å². The van der Waals surface area contributed by atoms with Gasteiger partial charge in [-0.15, -0.1) is 0 Å². The Balaban J connectivity index is 1.98. The number of carbonyl (C=O) groups is 1. The largest absolute Gasteiger partial charge is 0.339 e. The molecule has 1 fully saturated rings. The summed E-state index contributed by atoms with van der Waals surface area (Å²) in [6, 6.07) is 6.39. The molecule has 0 spiro atoms. The second kappa shape index (κ2) is 5.78. The fourth-order valence-electron chi connectivity index (χ4n) is 2.10. The van der Waals surface area contributed by atoms with E-state index >= 15 is 0 Å². The number of hydrogen-bond donors (Lipinski definition) is 1. The summed E-state index contributed by atoms with van der Waals surface area (Å²) in [4.78, 5) is 13.6. The van der Waals surface area contributed by atoms with Crippen LogP contribution in [0.25, 0.3) is 6.08 Å². The molecule has 96 valence electrons. The zero-order chi connectivity index (χ0) is 13.0. The minimum atomic E-state index is -0.317. The number of carbonyl (C=O) groups excluding carboxylic acids is 1. The SMILES string of the molecule is NCC1CCN(C(=O)C=Cc2ccccc2F)C1. The first-order valence-corrected chi connectivity index (χ1v) is 6.12. The van der Waals surface area contributed by atoms with Gasteiger partial charge in [-0.25, -0.2) is 4.39 Å². The van der Waals surface area contributed by atoms with E-state index in [1.807, 2.05) is 0 Å². The predicted octanol–water partition coefficient (Wildman–Crippen LogP) is 1.65. The van der Waals surface area contributed by atoms with Crippen LogP contribution < -0.4 is 5.73 Å². The Morgan fingerprint density at radius 3 is 2.94 bits per heavy atom. The lowest BCUT2D eigenvalue weighted by atomic mass is 10.1. The van der Waals surface area contributed by atoms with Crippen LogP contribution in [0.3, 0.4) is 0 Å². The number of nitrogens with two attached hydrogens (primary N) is 1. The maximum atomic E-state index is 13.3. The average molecular weight is 248 g/mol. The Labute approximate surface area is 106 Å². The molecule has 1 aliphatic rings. The molecule has 1 saturated heterocycles. The van der Waals surface area contributed by atoms with Gasteiger partial charge in [0.15, 0.2) is 0 Å². The van der Waals surface area contributed by atoms with Crippen LogP contribution in [0.4, 0.5) is 4.39 Å². The zero-order valence-corrected chi connectivity index (χ0v) is 10.2. The highest BCUT2D eigenvalue weighted by atomic mass is 19.1. The van der Waals surface area contributed by atoms with Gasteiger partial charge in [-0.05, 0) is 31.0 Å². The van der Waals surface area contributed by atoms with Crippen molar-refractivity contribution >= 4 is 12.0 Å². The number of halogens is 1. The van der Waals surface area contributed by atoms with E-state index in [1.54, 1.807) is 23.1 Å². The number of nitrogens with zero attached hydrogens (tertiary/aromatic N) is 1. The molecule has 1 unspecified atom stereocenters. The lowest BCUT2D eigenvalue weighted by molar-refractivity contribution is -0.125. The van der Waals surface area contributed by atoms with Gasteiger partial charge < -0.3 is 10.6 Å². The molecule has 1 aromatic rings. The predicted molar refractivity (Wildman–Crippen MR) is 69.2 cm³/mol. The van der Waals surface area contributed by atoms with Gasteiger partial charge in [0, 0.05) is 24.7 Å². The van der Waals surface area contributed by atoms with Crippen LogP contribution in [0, 0.1) is 11.7 Å². The van der Waals surface area contributed by atoms with E-state index in [4.69, 9.17) is 5.73 Å². The Morgan fingerprint density at radius 2 is 2.28 bits per heavy atom. The molecule has 0 aromatic heterocycles. The number of amides is 1. The second-order valence-corrected chi connectivity index (χ2v) is 4.53. The molecular weight excluding hydrogens is 231 g/mol. The third-order valence-corrected chi connectivity index (χ3v) is 3.24. The van der Waals surface area contributed by atoms with Crippen molar-refractivity contribution in [1.29, 1.82) is 0 Å². The molecule has 1 aliphatic heterocycles. The summed E-state index contributed by atoms with van der Waals surface area (Å²) in [7, 11) is 0. The lowest BCUT2D eigenvalue weighted by Crippen LogP contribution is -2.28. The molecule has 1 atom stereocenters. The van der Waals surface area contributed by atoms with E-state index in [1.165, 1.54) is 18.2 Å². The molecule has 18 heavy (non-hydrogen) atoms. The fourth-order valence-corrected chi connectivity index (χ4v) is 2.10. The van der Waals surface area contributed by atoms with E-state index in [9.17, 15) is 9.18 Å². The Bertz CT molecular complexity index is 459. The van der Waals surface area contributed by atoms with Crippen molar-refractivity contribution in [2.75, 3.05) is 19.6 Å². The van der Waals surface area contributed by atoms with Crippen molar-refractivity contribution in [3.05, 3.63) is 41.7 Å². The highest BCUT2D eigenvalue weighted by Gasteiger charge is 2.23. The second-order valence-electron chi connectivity index (χ2n) is 4.53. The maximum Gasteiger partial charge on any atom is 0.246 e. The normalized spacial score (nSPS) is 19.7. The molecule has 1 amide bonds. The van der Waals surface area contributed by atoms with Crippen molar-refractivity contribution in [2.45, 2.75) is 6.42 Å². The summed E-state index contributed by atoms with van der Waals surface area (Å²) in [5.41, 5.74) is 6.01. The van der Waals surface area contributed by atoms with Crippen molar-refractivity contribution in [3.8, 4) is 0 Å². The number of benzene rings is 1. The molecule has 3 nitrogen and oxygen atoms in total. The van der Waals surface area contributed by atoms with E-state index < -0.39 is 0 Å². The van der Waals surface area contributed by atoms with Crippen LogP contribution in [0.15, 0.2) is 30.3 Å². The fraction of sp³-hybridized carbons (Fsp3) is 0.357. The van der Waals surface area contributed by atoms with Gasteiger partial charge in [-0.1, -0.05) is 18.2 Å². The van der Waals surface area contributed by atoms with Gasteiger partial charge >= 0.3 is 0 Å². The van der Waals surface area contributed by atoms with E-state index in [2.05, 4.69) is 0 Å². The van der Waals surface area contributed by atoms with Crippen molar-refractivity contribution < 1.29 is 9.18 Å². The van der Waals surface area contributed by atoms with Gasteiger partial charge in [0.2, 0.25) is 5.91 Å². The van der Waals surface area contributed by atoms with E-state index in [0.29, 0.717) is 24.6 Å². The molecule has 0 saturated carbocycles.